The van der Waals surface area contributed by atoms with Crippen LogP contribution in [0.25, 0.3) is 11.3 Å². The normalized spacial score (nSPS) is 10.3. The lowest BCUT2D eigenvalue weighted by Gasteiger charge is -2.10. The summed E-state index contributed by atoms with van der Waals surface area (Å²) in [5.74, 6) is 0.208. The summed E-state index contributed by atoms with van der Waals surface area (Å²) >= 11 is 2.00. The third-order valence-electron chi connectivity index (χ3n) is 2.50. The smallest absolute Gasteiger partial charge is 0.269 e. The minimum Gasteiger partial charge on any atom is -0.369 e. The summed E-state index contributed by atoms with van der Waals surface area (Å²) in [7, 11) is 0. The summed E-state index contributed by atoms with van der Waals surface area (Å²) in [5, 5.41) is 0. The molecule has 2 aromatic rings. The lowest BCUT2D eigenvalue weighted by molar-refractivity contribution is 0.766. The Bertz CT molecular complexity index is 635. The first-order chi connectivity index (χ1) is 8.65. The molecule has 0 aliphatic carbocycles. The van der Waals surface area contributed by atoms with Crippen molar-refractivity contribution in [3.8, 4) is 11.3 Å². The van der Waals surface area contributed by atoms with Gasteiger partial charge in [0.15, 0.2) is 0 Å². The highest BCUT2D eigenvalue weighted by molar-refractivity contribution is 14.1. The van der Waals surface area contributed by atoms with Crippen LogP contribution in [0, 0.1) is 3.57 Å². The quantitative estimate of drug-likeness (QED) is 0.680. The molecule has 0 aliphatic heterocycles. The second-order valence-electron chi connectivity index (χ2n) is 3.70. The van der Waals surface area contributed by atoms with Gasteiger partial charge >= 0.3 is 0 Å². The third-order valence-corrected chi connectivity index (χ3v) is 3.47. The van der Waals surface area contributed by atoms with Crippen molar-refractivity contribution in [3.63, 3.8) is 0 Å². The number of rotatable bonds is 3. The van der Waals surface area contributed by atoms with E-state index in [9.17, 15) is 4.79 Å². The molecule has 0 fully saturated rings. The lowest BCUT2D eigenvalue weighted by Crippen LogP contribution is -2.26. The highest BCUT2D eigenvalue weighted by atomic mass is 127. The molecule has 0 bridgehead atoms. The molecule has 0 radical (unpaired) electrons. The Kier molecular flexibility index (Phi) is 3.81. The van der Waals surface area contributed by atoms with Crippen LogP contribution in [0.2, 0.25) is 0 Å². The van der Waals surface area contributed by atoms with Gasteiger partial charge in [-0.25, -0.2) is 4.98 Å². The fourth-order valence-electron chi connectivity index (χ4n) is 1.64. The minimum atomic E-state index is -0.137. The van der Waals surface area contributed by atoms with Crippen LogP contribution >= 0.6 is 22.6 Å². The van der Waals surface area contributed by atoms with Gasteiger partial charge in [0.05, 0.1) is 5.69 Å². The Morgan fingerprint density at radius 1 is 1.39 bits per heavy atom. The molecule has 0 aliphatic rings. The summed E-state index contributed by atoms with van der Waals surface area (Å²) < 4.78 is 1.97. The molecular weight excluding hydrogens is 341 g/mol. The molecule has 0 amide bonds. The van der Waals surface area contributed by atoms with Gasteiger partial charge in [-0.1, -0.05) is 36.4 Å². The van der Waals surface area contributed by atoms with Crippen LogP contribution in [0.5, 0.6) is 0 Å². The molecule has 0 saturated carbocycles. The maximum atomic E-state index is 12.2. The van der Waals surface area contributed by atoms with E-state index in [1.165, 1.54) is 4.57 Å². The summed E-state index contributed by atoms with van der Waals surface area (Å²) in [4.78, 5) is 16.5. The fraction of sp³-hybridized carbons (Fsp3) is 0.0769. The number of nitrogen functional groups attached to an aromatic ring is 1. The van der Waals surface area contributed by atoms with Gasteiger partial charge in [-0.3, -0.25) is 9.36 Å². The molecular formula is C13H12IN3O. The Hall–Kier alpha value is -1.63. The zero-order chi connectivity index (χ0) is 13.1. The number of nitrogens with zero attached hydrogens (tertiary/aromatic N) is 2. The first kappa shape index (κ1) is 12.8. The van der Waals surface area contributed by atoms with Crippen LogP contribution in [0.4, 0.5) is 5.95 Å². The first-order valence-corrected chi connectivity index (χ1v) is 6.45. The van der Waals surface area contributed by atoms with E-state index in [2.05, 4.69) is 11.6 Å². The Labute approximate surface area is 118 Å². The van der Waals surface area contributed by atoms with Gasteiger partial charge in [-0.05, 0) is 22.6 Å². The average molecular weight is 353 g/mol. The first-order valence-electron chi connectivity index (χ1n) is 5.37. The van der Waals surface area contributed by atoms with Crippen LogP contribution < -0.4 is 11.3 Å². The third kappa shape index (κ3) is 2.31. The van der Waals surface area contributed by atoms with E-state index in [1.807, 2.05) is 52.9 Å². The van der Waals surface area contributed by atoms with Gasteiger partial charge in [0.2, 0.25) is 5.95 Å². The molecule has 0 unspecified atom stereocenters. The molecule has 1 aromatic carbocycles. The van der Waals surface area contributed by atoms with Crippen molar-refractivity contribution in [2.45, 2.75) is 6.54 Å². The molecule has 0 saturated heterocycles. The number of nitrogens with two attached hydrogens (primary N) is 1. The van der Waals surface area contributed by atoms with Gasteiger partial charge in [-0.15, -0.1) is 6.58 Å². The molecule has 2 N–H and O–H groups in total. The van der Waals surface area contributed by atoms with Crippen LogP contribution in [-0.2, 0) is 6.54 Å². The standard InChI is InChI=1S/C13H12IN3O/c1-2-8-17-12(18)10(14)11(16-13(17)15)9-6-4-3-5-7-9/h2-7H,1,8H2,(H2,15,16). The summed E-state index contributed by atoms with van der Waals surface area (Å²) in [6.45, 7) is 3.97. The summed E-state index contributed by atoms with van der Waals surface area (Å²) in [6, 6.07) is 9.53. The van der Waals surface area contributed by atoms with Crippen LogP contribution in [0.1, 0.15) is 0 Å². The molecule has 18 heavy (non-hydrogen) atoms. The van der Waals surface area contributed by atoms with E-state index in [-0.39, 0.29) is 11.5 Å². The number of hydrogen-bond donors (Lipinski definition) is 1. The van der Waals surface area contributed by atoms with Crippen molar-refractivity contribution >= 4 is 28.5 Å². The maximum Gasteiger partial charge on any atom is 0.269 e. The van der Waals surface area contributed by atoms with Gasteiger partial charge < -0.3 is 5.73 Å². The molecule has 1 heterocycles. The second kappa shape index (κ2) is 5.34. The lowest BCUT2D eigenvalue weighted by atomic mass is 10.1. The highest BCUT2D eigenvalue weighted by Crippen LogP contribution is 2.21. The summed E-state index contributed by atoms with van der Waals surface area (Å²) in [5.41, 5.74) is 7.19. The maximum absolute atomic E-state index is 12.2. The number of hydrogen-bond acceptors (Lipinski definition) is 3. The van der Waals surface area contributed by atoms with E-state index in [4.69, 9.17) is 5.73 Å². The zero-order valence-corrected chi connectivity index (χ0v) is 11.8. The summed E-state index contributed by atoms with van der Waals surface area (Å²) in [6.07, 6.45) is 1.62. The van der Waals surface area contributed by atoms with Gasteiger partial charge in [0.1, 0.15) is 3.57 Å². The van der Waals surface area contributed by atoms with E-state index in [0.29, 0.717) is 15.8 Å². The Morgan fingerprint density at radius 2 is 2.06 bits per heavy atom. The Morgan fingerprint density at radius 3 is 2.67 bits per heavy atom. The SMILES string of the molecule is C=CCn1c(N)nc(-c2ccccc2)c(I)c1=O. The topological polar surface area (TPSA) is 60.9 Å². The minimum absolute atomic E-state index is 0.137. The predicted molar refractivity (Wildman–Crippen MR) is 81.3 cm³/mol. The second-order valence-corrected chi connectivity index (χ2v) is 4.78. The average Bonchev–Trinajstić information content (AvgIpc) is 2.40. The predicted octanol–water partition coefficient (Wildman–Crippen LogP) is 2.28. The van der Waals surface area contributed by atoms with Gasteiger partial charge in [0, 0.05) is 12.1 Å². The van der Waals surface area contributed by atoms with Crippen molar-refractivity contribution in [3.05, 3.63) is 56.9 Å². The monoisotopic (exact) mass is 353 g/mol. The van der Waals surface area contributed by atoms with Crippen molar-refractivity contribution < 1.29 is 0 Å². The number of benzene rings is 1. The molecule has 1 aromatic heterocycles. The van der Waals surface area contributed by atoms with Gasteiger partial charge in [0.25, 0.3) is 5.56 Å². The molecule has 2 rings (SSSR count). The molecule has 0 spiro atoms. The van der Waals surface area contributed by atoms with E-state index < -0.39 is 0 Å². The number of aromatic nitrogens is 2. The van der Waals surface area contributed by atoms with Crippen molar-refractivity contribution in [1.29, 1.82) is 0 Å². The number of allylic oxidation sites excluding steroid dienone is 1. The highest BCUT2D eigenvalue weighted by Gasteiger charge is 2.13. The molecule has 5 heteroatoms. The van der Waals surface area contributed by atoms with E-state index in [1.54, 1.807) is 6.08 Å². The van der Waals surface area contributed by atoms with Crippen LogP contribution in [0.15, 0.2) is 47.8 Å². The molecule has 92 valence electrons. The molecule has 4 nitrogen and oxygen atoms in total. The van der Waals surface area contributed by atoms with Crippen LogP contribution in [0.3, 0.4) is 0 Å². The molecule has 0 atom stereocenters. The van der Waals surface area contributed by atoms with Crippen LogP contribution in [-0.4, -0.2) is 9.55 Å². The number of halogens is 1. The van der Waals surface area contributed by atoms with Crippen molar-refractivity contribution in [2.24, 2.45) is 0 Å². The van der Waals surface area contributed by atoms with E-state index in [0.717, 1.165) is 5.56 Å². The van der Waals surface area contributed by atoms with Crippen molar-refractivity contribution in [2.75, 3.05) is 5.73 Å². The number of anilines is 1. The van der Waals surface area contributed by atoms with Gasteiger partial charge in [-0.2, -0.15) is 0 Å². The van der Waals surface area contributed by atoms with E-state index >= 15 is 0 Å². The fourth-order valence-corrected chi connectivity index (χ4v) is 2.36. The zero-order valence-electron chi connectivity index (χ0n) is 9.64. The van der Waals surface area contributed by atoms with Crippen molar-refractivity contribution in [1.82, 2.24) is 9.55 Å². The Balaban J connectivity index is 2.66. The largest absolute Gasteiger partial charge is 0.369 e.